The van der Waals surface area contributed by atoms with Crippen LogP contribution in [0.1, 0.15) is 26.7 Å². The molecule has 1 heterocycles. The van der Waals surface area contributed by atoms with Crippen molar-refractivity contribution in [3.8, 4) is 0 Å². The van der Waals surface area contributed by atoms with Crippen molar-refractivity contribution in [2.75, 3.05) is 18.1 Å². The Morgan fingerprint density at radius 1 is 1.25 bits per heavy atom. The van der Waals surface area contributed by atoms with Gasteiger partial charge in [0.15, 0.2) is 0 Å². The molecule has 1 N–H and O–H groups in total. The van der Waals surface area contributed by atoms with E-state index in [0.29, 0.717) is 6.54 Å². The summed E-state index contributed by atoms with van der Waals surface area (Å²) in [6.45, 7) is 3.57. The first kappa shape index (κ1) is 13.2. The van der Waals surface area contributed by atoms with Gasteiger partial charge in [0.25, 0.3) is 0 Å². The number of ketones is 1. The van der Waals surface area contributed by atoms with Gasteiger partial charge in [-0.05, 0) is 26.7 Å². The molecule has 0 bridgehead atoms. The quantitative estimate of drug-likeness (QED) is 0.707. The highest BCUT2D eigenvalue weighted by Crippen LogP contribution is 2.33. The SMILES string of the molecule is CCNC(=O)C1(C(C)=O)CCS(=O)(=O)CC1. The van der Waals surface area contributed by atoms with Gasteiger partial charge in [-0.2, -0.15) is 0 Å². The first-order valence-corrected chi connectivity index (χ1v) is 7.16. The third-order valence-electron chi connectivity index (χ3n) is 3.13. The lowest BCUT2D eigenvalue weighted by Crippen LogP contribution is -2.50. The van der Waals surface area contributed by atoms with Crippen LogP contribution in [0.25, 0.3) is 0 Å². The van der Waals surface area contributed by atoms with Gasteiger partial charge >= 0.3 is 0 Å². The smallest absolute Gasteiger partial charge is 0.233 e. The summed E-state index contributed by atoms with van der Waals surface area (Å²) in [5.41, 5.74) is -1.12. The molecule has 5 nitrogen and oxygen atoms in total. The van der Waals surface area contributed by atoms with Crippen LogP contribution in [0, 0.1) is 5.41 Å². The predicted molar refractivity (Wildman–Crippen MR) is 59.7 cm³/mol. The summed E-state index contributed by atoms with van der Waals surface area (Å²) < 4.78 is 22.6. The third kappa shape index (κ3) is 2.42. The van der Waals surface area contributed by atoms with Crippen LogP contribution < -0.4 is 5.32 Å². The molecule has 1 saturated heterocycles. The summed E-state index contributed by atoms with van der Waals surface area (Å²) in [7, 11) is -3.07. The van der Waals surface area contributed by atoms with Gasteiger partial charge < -0.3 is 5.32 Å². The van der Waals surface area contributed by atoms with E-state index in [0.717, 1.165) is 0 Å². The molecule has 16 heavy (non-hydrogen) atoms. The Bertz CT molecular complexity index is 385. The number of hydrogen-bond acceptors (Lipinski definition) is 4. The van der Waals surface area contributed by atoms with Crippen molar-refractivity contribution < 1.29 is 18.0 Å². The van der Waals surface area contributed by atoms with Crippen molar-refractivity contribution in [3.63, 3.8) is 0 Å². The summed E-state index contributed by atoms with van der Waals surface area (Å²) in [6, 6.07) is 0. The number of Topliss-reactive ketones (excluding diaryl/α,β-unsaturated/α-hetero) is 1. The highest BCUT2D eigenvalue weighted by molar-refractivity contribution is 7.91. The van der Waals surface area contributed by atoms with E-state index >= 15 is 0 Å². The summed E-state index contributed by atoms with van der Waals surface area (Å²) in [5.74, 6) is -0.737. The zero-order valence-electron chi connectivity index (χ0n) is 9.58. The number of carbonyl (C=O) groups excluding carboxylic acids is 2. The van der Waals surface area contributed by atoms with Crippen molar-refractivity contribution >= 4 is 21.5 Å². The molecular formula is C10H17NO4S. The van der Waals surface area contributed by atoms with Crippen LogP contribution in [-0.2, 0) is 19.4 Å². The van der Waals surface area contributed by atoms with E-state index in [1.54, 1.807) is 6.92 Å². The maximum atomic E-state index is 11.8. The zero-order chi connectivity index (χ0) is 12.4. The Labute approximate surface area is 95.5 Å². The second kappa shape index (κ2) is 4.53. The number of carbonyl (C=O) groups is 2. The molecule has 1 rings (SSSR count). The van der Waals surface area contributed by atoms with Crippen LogP contribution in [0.15, 0.2) is 0 Å². The van der Waals surface area contributed by atoms with Crippen LogP contribution in [0.2, 0.25) is 0 Å². The number of sulfone groups is 1. The Hall–Kier alpha value is -0.910. The minimum Gasteiger partial charge on any atom is -0.356 e. The molecule has 0 aromatic heterocycles. The van der Waals surface area contributed by atoms with Crippen molar-refractivity contribution in [3.05, 3.63) is 0 Å². The lowest BCUT2D eigenvalue weighted by Gasteiger charge is -2.33. The van der Waals surface area contributed by atoms with Gasteiger partial charge in [-0.15, -0.1) is 0 Å². The first-order valence-electron chi connectivity index (χ1n) is 5.34. The molecule has 0 atom stereocenters. The zero-order valence-corrected chi connectivity index (χ0v) is 10.4. The normalized spacial score (nSPS) is 22.4. The molecule has 6 heteroatoms. The summed E-state index contributed by atoms with van der Waals surface area (Å²) in [4.78, 5) is 23.4. The van der Waals surface area contributed by atoms with Gasteiger partial charge in [0.2, 0.25) is 5.91 Å². The number of rotatable bonds is 3. The molecule has 1 amide bonds. The Kier molecular flexibility index (Phi) is 3.72. The van der Waals surface area contributed by atoms with Crippen molar-refractivity contribution in [2.24, 2.45) is 5.41 Å². The lowest BCUT2D eigenvalue weighted by atomic mass is 9.77. The van der Waals surface area contributed by atoms with Gasteiger partial charge in [-0.1, -0.05) is 0 Å². The van der Waals surface area contributed by atoms with E-state index in [1.165, 1.54) is 6.92 Å². The molecule has 92 valence electrons. The molecule has 0 saturated carbocycles. The average molecular weight is 247 g/mol. The molecule has 1 aliphatic rings. The minimum absolute atomic E-state index is 0.0796. The molecule has 1 aliphatic heterocycles. The molecule has 0 aromatic carbocycles. The van der Waals surface area contributed by atoms with E-state index in [4.69, 9.17) is 0 Å². The number of nitrogens with one attached hydrogen (secondary N) is 1. The predicted octanol–water partition coefficient (Wildman–Crippen LogP) is -0.0935. The maximum absolute atomic E-state index is 11.8. The van der Waals surface area contributed by atoms with Crippen molar-refractivity contribution in [2.45, 2.75) is 26.7 Å². The van der Waals surface area contributed by atoms with Gasteiger partial charge in [-0.25, -0.2) is 8.42 Å². The highest BCUT2D eigenvalue weighted by atomic mass is 32.2. The maximum Gasteiger partial charge on any atom is 0.233 e. The van der Waals surface area contributed by atoms with Crippen LogP contribution in [0.3, 0.4) is 0 Å². The topological polar surface area (TPSA) is 80.3 Å². The molecular weight excluding hydrogens is 230 g/mol. The third-order valence-corrected chi connectivity index (χ3v) is 4.78. The van der Waals surface area contributed by atoms with Crippen LogP contribution in [0.5, 0.6) is 0 Å². The second-order valence-corrected chi connectivity index (χ2v) is 6.45. The molecule has 0 unspecified atom stereocenters. The summed E-state index contributed by atoms with van der Waals surface area (Å²) in [6.07, 6.45) is 0.215. The average Bonchev–Trinajstić information content (AvgIpc) is 2.18. The van der Waals surface area contributed by atoms with E-state index in [-0.39, 0.29) is 36.0 Å². The number of amides is 1. The van der Waals surface area contributed by atoms with E-state index in [1.807, 2.05) is 0 Å². The van der Waals surface area contributed by atoms with Gasteiger partial charge in [-0.3, -0.25) is 9.59 Å². The minimum atomic E-state index is -3.07. The Balaban J connectivity index is 2.93. The molecule has 0 radical (unpaired) electrons. The van der Waals surface area contributed by atoms with Gasteiger partial charge in [0.05, 0.1) is 11.5 Å². The molecule has 0 spiro atoms. The molecule has 1 fully saturated rings. The van der Waals surface area contributed by atoms with Gasteiger partial charge in [0, 0.05) is 6.54 Å². The van der Waals surface area contributed by atoms with Crippen molar-refractivity contribution in [1.82, 2.24) is 5.32 Å². The first-order chi connectivity index (χ1) is 7.34. The fraction of sp³-hybridized carbons (Fsp3) is 0.800. The van der Waals surface area contributed by atoms with Crippen molar-refractivity contribution in [1.29, 1.82) is 0 Å². The monoisotopic (exact) mass is 247 g/mol. The van der Waals surface area contributed by atoms with E-state index in [9.17, 15) is 18.0 Å². The molecule has 0 aromatic rings. The highest BCUT2D eigenvalue weighted by Gasteiger charge is 2.46. The fourth-order valence-corrected chi connectivity index (χ4v) is 3.48. The van der Waals surface area contributed by atoms with Gasteiger partial charge in [0.1, 0.15) is 21.0 Å². The summed E-state index contributed by atoms with van der Waals surface area (Å²) in [5, 5.41) is 2.61. The number of hydrogen-bond donors (Lipinski definition) is 1. The van der Waals surface area contributed by atoms with E-state index < -0.39 is 15.3 Å². The summed E-state index contributed by atoms with van der Waals surface area (Å²) >= 11 is 0. The second-order valence-electron chi connectivity index (χ2n) is 4.15. The van der Waals surface area contributed by atoms with Crippen LogP contribution >= 0.6 is 0 Å². The van der Waals surface area contributed by atoms with E-state index in [2.05, 4.69) is 5.32 Å². The van der Waals surface area contributed by atoms with Crippen LogP contribution in [-0.4, -0.2) is 38.2 Å². The lowest BCUT2D eigenvalue weighted by molar-refractivity contribution is -0.141. The molecule has 0 aliphatic carbocycles. The van der Waals surface area contributed by atoms with Crippen LogP contribution in [0.4, 0.5) is 0 Å². The Morgan fingerprint density at radius 2 is 1.75 bits per heavy atom. The Morgan fingerprint density at radius 3 is 2.12 bits per heavy atom. The standard InChI is InChI=1S/C10H17NO4S/c1-3-11-9(13)10(8(2)12)4-6-16(14,15)7-5-10/h3-7H2,1-2H3,(H,11,13). The largest absolute Gasteiger partial charge is 0.356 e. The fourth-order valence-electron chi connectivity index (χ4n) is 1.96.